The topological polar surface area (TPSA) is 61.8 Å². The number of carbonyl (C=O) groups is 2. The van der Waals surface area contributed by atoms with Crippen molar-refractivity contribution in [2.45, 2.75) is 6.92 Å². The molecule has 0 radical (unpaired) electrons. The predicted octanol–water partition coefficient (Wildman–Crippen LogP) is 6.58. The van der Waals surface area contributed by atoms with Crippen LogP contribution in [0.1, 0.15) is 27.6 Å². The van der Waals surface area contributed by atoms with Crippen LogP contribution >= 0.6 is 0 Å². The van der Waals surface area contributed by atoms with Crippen LogP contribution < -0.4 is 14.2 Å². The first kappa shape index (κ1) is 21.8. The Morgan fingerprint density at radius 2 is 0.970 bits per heavy atom. The van der Waals surface area contributed by atoms with Gasteiger partial charge in [0.05, 0.1) is 12.7 Å². The minimum atomic E-state index is -0.454. The average molecular weight is 438 g/mol. The fraction of sp³-hybridized carbons (Fsp3) is 0.0714. The number of methoxy groups -OCH3 is 1. The van der Waals surface area contributed by atoms with Gasteiger partial charge >= 0.3 is 5.97 Å². The van der Waals surface area contributed by atoms with Crippen LogP contribution in [0.15, 0.2) is 97.1 Å². The van der Waals surface area contributed by atoms with Crippen LogP contribution in [0.2, 0.25) is 0 Å². The van der Waals surface area contributed by atoms with Crippen LogP contribution in [0.3, 0.4) is 0 Å². The fourth-order valence-electron chi connectivity index (χ4n) is 3.22. The summed E-state index contributed by atoms with van der Waals surface area (Å²) in [7, 11) is 1.63. The van der Waals surface area contributed by atoms with Gasteiger partial charge in [0.1, 0.15) is 23.0 Å². The summed E-state index contributed by atoms with van der Waals surface area (Å²) >= 11 is 0. The molecular weight excluding hydrogens is 416 g/mol. The molecular formula is C28H22O5. The van der Waals surface area contributed by atoms with Crippen molar-refractivity contribution in [1.29, 1.82) is 0 Å². The summed E-state index contributed by atoms with van der Waals surface area (Å²) in [6, 6.07) is 28.6. The predicted molar refractivity (Wildman–Crippen MR) is 126 cm³/mol. The maximum absolute atomic E-state index is 12.5. The SMILES string of the molecule is COc1ccc(-c2ccc(OC(=O)c3ccc(Oc4ccc(C(C)=O)cc4)cc3)cc2)cc1. The van der Waals surface area contributed by atoms with Crippen LogP contribution in [0.25, 0.3) is 11.1 Å². The van der Waals surface area contributed by atoms with E-state index < -0.39 is 5.97 Å². The summed E-state index contributed by atoms with van der Waals surface area (Å²) in [6.07, 6.45) is 0. The quantitative estimate of drug-likeness (QED) is 0.185. The largest absolute Gasteiger partial charge is 0.497 e. The zero-order valence-electron chi connectivity index (χ0n) is 18.3. The number of ether oxygens (including phenoxy) is 3. The first-order valence-electron chi connectivity index (χ1n) is 10.4. The van der Waals surface area contributed by atoms with Crippen LogP contribution in [0.5, 0.6) is 23.0 Å². The van der Waals surface area contributed by atoms with E-state index in [0.29, 0.717) is 28.4 Å². The Morgan fingerprint density at radius 3 is 1.42 bits per heavy atom. The summed E-state index contributed by atoms with van der Waals surface area (Å²) in [5.74, 6) is 1.98. The van der Waals surface area contributed by atoms with E-state index in [0.717, 1.165) is 16.9 Å². The molecule has 0 saturated heterocycles. The summed E-state index contributed by atoms with van der Waals surface area (Å²) in [6.45, 7) is 1.52. The molecule has 4 aromatic rings. The minimum absolute atomic E-state index is 0.000197. The Bertz CT molecular complexity index is 1240. The van der Waals surface area contributed by atoms with Crippen molar-refractivity contribution in [1.82, 2.24) is 0 Å². The Labute approximate surface area is 192 Å². The molecule has 0 heterocycles. The molecule has 0 aliphatic carbocycles. The zero-order valence-corrected chi connectivity index (χ0v) is 18.3. The Kier molecular flexibility index (Phi) is 6.51. The highest BCUT2D eigenvalue weighted by Crippen LogP contribution is 2.26. The number of carbonyl (C=O) groups excluding carboxylic acids is 2. The first-order valence-corrected chi connectivity index (χ1v) is 10.4. The standard InChI is InChI=1S/C28H22O5/c1-19(29)20-3-13-25(14-4-20)32-26-17-9-23(10-18-26)28(30)33-27-15-7-22(8-16-27)21-5-11-24(31-2)12-6-21/h3-18H,1-2H3. The molecule has 0 aliphatic heterocycles. The van der Waals surface area contributed by atoms with Gasteiger partial charge in [0.15, 0.2) is 5.78 Å². The third kappa shape index (κ3) is 5.46. The molecule has 5 heteroatoms. The van der Waals surface area contributed by atoms with Crippen LogP contribution in [0.4, 0.5) is 0 Å². The highest BCUT2D eigenvalue weighted by atomic mass is 16.5. The molecule has 0 aliphatic rings. The van der Waals surface area contributed by atoms with E-state index in [2.05, 4.69) is 0 Å². The minimum Gasteiger partial charge on any atom is -0.497 e. The second-order valence-electron chi connectivity index (χ2n) is 7.35. The van der Waals surface area contributed by atoms with Crippen molar-refractivity contribution in [3.8, 4) is 34.1 Å². The molecule has 0 bridgehead atoms. The van der Waals surface area contributed by atoms with E-state index in [9.17, 15) is 9.59 Å². The summed E-state index contributed by atoms with van der Waals surface area (Å²) < 4.78 is 16.4. The third-order valence-electron chi connectivity index (χ3n) is 5.07. The van der Waals surface area contributed by atoms with Gasteiger partial charge in [-0.1, -0.05) is 24.3 Å². The van der Waals surface area contributed by atoms with Crippen molar-refractivity contribution in [2.24, 2.45) is 0 Å². The van der Waals surface area contributed by atoms with E-state index in [1.165, 1.54) is 6.92 Å². The lowest BCUT2D eigenvalue weighted by molar-refractivity contribution is 0.0734. The third-order valence-corrected chi connectivity index (χ3v) is 5.07. The van der Waals surface area contributed by atoms with Gasteiger partial charge in [-0.05, 0) is 90.8 Å². The summed E-state index contributed by atoms with van der Waals surface area (Å²) in [5.41, 5.74) is 3.08. The number of rotatable bonds is 7. The van der Waals surface area contributed by atoms with Crippen molar-refractivity contribution >= 4 is 11.8 Å². The monoisotopic (exact) mass is 438 g/mol. The van der Waals surface area contributed by atoms with E-state index in [-0.39, 0.29) is 5.78 Å². The second-order valence-corrected chi connectivity index (χ2v) is 7.35. The molecule has 0 amide bonds. The number of benzene rings is 4. The molecule has 164 valence electrons. The van der Waals surface area contributed by atoms with Crippen LogP contribution in [0, 0.1) is 0 Å². The highest BCUT2D eigenvalue weighted by Gasteiger charge is 2.10. The lowest BCUT2D eigenvalue weighted by Crippen LogP contribution is -2.08. The normalized spacial score (nSPS) is 10.4. The summed E-state index contributed by atoms with van der Waals surface area (Å²) in [5, 5.41) is 0. The Balaban J connectivity index is 1.37. The molecule has 0 fully saturated rings. The molecule has 0 aromatic heterocycles. The van der Waals surface area contributed by atoms with Crippen molar-refractivity contribution in [3.05, 3.63) is 108 Å². The smallest absolute Gasteiger partial charge is 0.343 e. The summed E-state index contributed by atoms with van der Waals surface area (Å²) in [4.78, 5) is 23.9. The van der Waals surface area contributed by atoms with Gasteiger partial charge in [-0.2, -0.15) is 0 Å². The van der Waals surface area contributed by atoms with Gasteiger partial charge in [0.2, 0.25) is 0 Å². The van der Waals surface area contributed by atoms with Gasteiger partial charge in [0.25, 0.3) is 0 Å². The fourth-order valence-corrected chi connectivity index (χ4v) is 3.22. The molecule has 0 atom stereocenters. The van der Waals surface area contributed by atoms with E-state index in [4.69, 9.17) is 14.2 Å². The molecule has 0 unspecified atom stereocenters. The van der Waals surface area contributed by atoms with E-state index in [1.807, 2.05) is 36.4 Å². The van der Waals surface area contributed by atoms with Crippen molar-refractivity contribution in [3.63, 3.8) is 0 Å². The second kappa shape index (κ2) is 9.83. The van der Waals surface area contributed by atoms with E-state index >= 15 is 0 Å². The molecule has 0 saturated carbocycles. The van der Waals surface area contributed by atoms with Gasteiger partial charge < -0.3 is 14.2 Å². The van der Waals surface area contributed by atoms with Gasteiger partial charge in [-0.3, -0.25) is 4.79 Å². The van der Waals surface area contributed by atoms with Gasteiger partial charge in [-0.15, -0.1) is 0 Å². The Hall–Kier alpha value is -4.38. The molecule has 0 spiro atoms. The molecule has 33 heavy (non-hydrogen) atoms. The number of Topliss-reactive ketones (excluding diaryl/α,β-unsaturated/α-hetero) is 1. The number of ketones is 1. The van der Waals surface area contributed by atoms with Crippen LogP contribution in [-0.4, -0.2) is 18.9 Å². The van der Waals surface area contributed by atoms with E-state index in [1.54, 1.807) is 67.8 Å². The highest BCUT2D eigenvalue weighted by molar-refractivity contribution is 5.94. The average Bonchev–Trinajstić information content (AvgIpc) is 2.85. The molecule has 4 aromatic carbocycles. The number of hydrogen-bond donors (Lipinski definition) is 0. The number of esters is 1. The number of hydrogen-bond acceptors (Lipinski definition) is 5. The van der Waals surface area contributed by atoms with Gasteiger partial charge in [0, 0.05) is 5.56 Å². The lowest BCUT2D eigenvalue weighted by atomic mass is 10.1. The lowest BCUT2D eigenvalue weighted by Gasteiger charge is -2.08. The first-order chi connectivity index (χ1) is 16.0. The molecule has 0 N–H and O–H groups in total. The van der Waals surface area contributed by atoms with Crippen molar-refractivity contribution < 1.29 is 23.8 Å². The maximum Gasteiger partial charge on any atom is 0.343 e. The van der Waals surface area contributed by atoms with Crippen molar-refractivity contribution in [2.75, 3.05) is 7.11 Å². The van der Waals surface area contributed by atoms with Gasteiger partial charge in [-0.25, -0.2) is 4.79 Å². The zero-order chi connectivity index (χ0) is 23.2. The maximum atomic E-state index is 12.5. The molecule has 4 rings (SSSR count). The molecule has 5 nitrogen and oxygen atoms in total. The van der Waals surface area contributed by atoms with Crippen LogP contribution in [-0.2, 0) is 0 Å². The Morgan fingerprint density at radius 1 is 0.545 bits per heavy atom.